The minimum atomic E-state index is -0.486. The molecule has 0 aromatic heterocycles. The van der Waals surface area contributed by atoms with Gasteiger partial charge in [0.1, 0.15) is 5.57 Å². The molecule has 2 rings (SSSR count). The summed E-state index contributed by atoms with van der Waals surface area (Å²) in [6.07, 6.45) is 0. The van der Waals surface area contributed by atoms with Crippen LogP contribution in [0.15, 0.2) is 35.7 Å². The van der Waals surface area contributed by atoms with Gasteiger partial charge < -0.3 is 7.43 Å². The molecule has 1 aromatic carbocycles. The second-order valence-electron chi connectivity index (χ2n) is 3.01. The van der Waals surface area contributed by atoms with E-state index in [9.17, 15) is 4.39 Å². The summed E-state index contributed by atoms with van der Waals surface area (Å²) in [6, 6.07) is 11.1. The number of hydrogen-bond donors (Lipinski definition) is 0. The van der Waals surface area contributed by atoms with Crippen LogP contribution in [0.5, 0.6) is 0 Å². The Hall–Kier alpha value is 0.399. The van der Waals surface area contributed by atoms with Crippen LogP contribution < -0.4 is 5.30 Å². The normalized spacial score (nSPS) is 23.7. The van der Waals surface area contributed by atoms with E-state index in [0.29, 0.717) is 0 Å². The van der Waals surface area contributed by atoms with Gasteiger partial charge in [-0.3, -0.25) is 0 Å². The third-order valence-electron chi connectivity index (χ3n) is 1.99. The Bertz CT molecular complexity index is 327. The van der Waals surface area contributed by atoms with Crippen LogP contribution in [0.3, 0.4) is 0 Å². The van der Waals surface area contributed by atoms with Gasteiger partial charge in [0.2, 0.25) is 0 Å². The molecule has 1 aliphatic heterocycles. The van der Waals surface area contributed by atoms with Crippen molar-refractivity contribution in [2.24, 2.45) is 0 Å². The van der Waals surface area contributed by atoms with Crippen molar-refractivity contribution in [1.29, 1.82) is 0 Å². The molecule has 1 aliphatic rings. The van der Waals surface area contributed by atoms with Gasteiger partial charge in [-0.05, 0) is 26.3 Å². The minimum Gasteiger partial charge on any atom is -0.358 e. The molecular weight excluding hydrogens is 405 g/mol. The maximum atomic E-state index is 13.1. The van der Waals surface area contributed by atoms with Crippen LogP contribution in [-0.2, 0) is 20.1 Å². The van der Waals surface area contributed by atoms with Crippen molar-refractivity contribution < 1.29 is 24.5 Å². The van der Waals surface area contributed by atoms with Gasteiger partial charge in [0.15, 0.2) is 0 Å². The maximum Gasteiger partial charge on any atom is 0.123 e. The third-order valence-corrected chi connectivity index (χ3v) is 7.41. The zero-order valence-electron chi connectivity index (χ0n) is 8.70. The van der Waals surface area contributed by atoms with Gasteiger partial charge in [0, 0.05) is 20.1 Å². The van der Waals surface area contributed by atoms with E-state index >= 15 is 0 Å². The largest absolute Gasteiger partial charge is 0.358 e. The van der Waals surface area contributed by atoms with Gasteiger partial charge in [-0.2, -0.15) is 30.3 Å². The van der Waals surface area contributed by atoms with E-state index in [1.54, 1.807) is 0 Å². The van der Waals surface area contributed by atoms with Crippen molar-refractivity contribution in [1.82, 2.24) is 0 Å². The van der Waals surface area contributed by atoms with Gasteiger partial charge in [0.25, 0.3) is 0 Å². The summed E-state index contributed by atoms with van der Waals surface area (Å²) in [5, 5.41) is 1.18. The molecule has 4 heteroatoms. The summed E-state index contributed by atoms with van der Waals surface area (Å²) in [6.45, 7) is 2.01. The molecule has 0 saturated heterocycles. The van der Waals surface area contributed by atoms with E-state index in [1.807, 2.05) is 36.7 Å². The molecule has 0 fully saturated rings. The molecule has 0 N–H and O–H groups in total. The molecular formula is C11H13FIrP2-2. The van der Waals surface area contributed by atoms with E-state index in [1.165, 1.54) is 5.30 Å². The standard InChI is InChI=1S/C10H10FP2.CH3.Ir/c1-12-8-13(7-10(12)11)9-5-3-2-4-6-9;;/h2-5,7H,8H2,1H3;1H3;/q2*-1;. The van der Waals surface area contributed by atoms with Crippen molar-refractivity contribution >= 4 is 21.1 Å². The fraction of sp³-hybridized carbons (Fsp3) is 0.182. The summed E-state index contributed by atoms with van der Waals surface area (Å²) < 4.78 is 13.1. The molecule has 2 atom stereocenters. The molecule has 0 amide bonds. The van der Waals surface area contributed by atoms with Crippen LogP contribution in [0.1, 0.15) is 0 Å². The Kier molecular flexibility index (Phi) is 7.05. The fourth-order valence-corrected chi connectivity index (χ4v) is 6.70. The molecule has 0 saturated carbocycles. The van der Waals surface area contributed by atoms with E-state index in [0.717, 1.165) is 5.90 Å². The molecule has 2 unspecified atom stereocenters. The van der Waals surface area contributed by atoms with Gasteiger partial charge >= 0.3 is 0 Å². The number of halogens is 1. The number of benzene rings is 1. The van der Waals surface area contributed by atoms with Crippen LogP contribution in [0.25, 0.3) is 0 Å². The molecule has 1 radical (unpaired) electrons. The molecule has 1 aromatic rings. The van der Waals surface area contributed by atoms with Crippen LogP contribution in [0.2, 0.25) is 0 Å². The summed E-state index contributed by atoms with van der Waals surface area (Å²) in [4.78, 5) is 0. The first kappa shape index (κ1) is 15.4. The van der Waals surface area contributed by atoms with Gasteiger partial charge in [-0.15, -0.1) is 5.30 Å². The molecule has 0 nitrogen and oxygen atoms in total. The average Bonchev–Trinajstić information content (AvgIpc) is 2.49. The van der Waals surface area contributed by atoms with Crippen LogP contribution in [-0.4, -0.2) is 12.6 Å². The van der Waals surface area contributed by atoms with Gasteiger partial charge in [0.05, 0.1) is 0 Å². The topological polar surface area (TPSA) is 0 Å². The zero-order chi connectivity index (χ0) is 9.26. The molecule has 1 heterocycles. The van der Waals surface area contributed by atoms with Crippen molar-refractivity contribution in [2.45, 2.75) is 0 Å². The first-order valence-electron chi connectivity index (χ1n) is 4.09. The third kappa shape index (κ3) is 3.72. The minimum absolute atomic E-state index is 0. The second kappa shape index (κ2) is 6.87. The van der Waals surface area contributed by atoms with Crippen LogP contribution in [0.4, 0.5) is 4.39 Å². The number of hydrogen-bond acceptors (Lipinski definition) is 0. The predicted octanol–water partition coefficient (Wildman–Crippen LogP) is 3.89. The first-order valence-corrected chi connectivity index (χ1v) is 7.66. The van der Waals surface area contributed by atoms with E-state index in [4.69, 9.17) is 0 Å². The maximum absolute atomic E-state index is 13.1. The number of rotatable bonds is 1. The van der Waals surface area contributed by atoms with E-state index in [2.05, 4.69) is 6.07 Å². The summed E-state index contributed by atoms with van der Waals surface area (Å²) in [7, 11) is -0.869. The quantitative estimate of drug-likeness (QED) is 0.480. The van der Waals surface area contributed by atoms with Crippen LogP contribution >= 0.6 is 15.8 Å². The summed E-state index contributed by atoms with van der Waals surface area (Å²) in [5.41, 5.74) is 0.123. The van der Waals surface area contributed by atoms with Crippen molar-refractivity contribution in [3.05, 3.63) is 49.1 Å². The second-order valence-corrected chi connectivity index (χ2v) is 7.64. The first-order chi connectivity index (χ1) is 6.27. The smallest absolute Gasteiger partial charge is 0.123 e. The SMILES string of the molecule is CP1CP(c2[c-]cccc2)C=C1F.[CH3-].[Ir]. The van der Waals surface area contributed by atoms with Gasteiger partial charge in [-0.25, -0.2) is 4.39 Å². The van der Waals surface area contributed by atoms with E-state index in [-0.39, 0.29) is 41.0 Å². The van der Waals surface area contributed by atoms with Crippen molar-refractivity contribution in [2.75, 3.05) is 12.6 Å². The molecule has 0 spiro atoms. The average molecular weight is 418 g/mol. The monoisotopic (exact) mass is 419 g/mol. The zero-order valence-corrected chi connectivity index (χ0v) is 12.9. The molecule has 85 valence electrons. The van der Waals surface area contributed by atoms with Crippen molar-refractivity contribution in [3.8, 4) is 0 Å². The van der Waals surface area contributed by atoms with Crippen LogP contribution in [0, 0.1) is 13.5 Å². The predicted molar refractivity (Wildman–Crippen MR) is 65.1 cm³/mol. The molecule has 15 heavy (non-hydrogen) atoms. The Morgan fingerprint density at radius 1 is 1.40 bits per heavy atom. The Balaban J connectivity index is 0.000000980. The summed E-state index contributed by atoms with van der Waals surface area (Å²) in [5.74, 6) is 2.82. The Morgan fingerprint density at radius 3 is 2.60 bits per heavy atom. The molecule has 0 bridgehead atoms. The Morgan fingerprint density at radius 2 is 2.13 bits per heavy atom. The summed E-state index contributed by atoms with van der Waals surface area (Å²) >= 11 is 0. The van der Waals surface area contributed by atoms with E-state index < -0.39 is 7.92 Å². The molecule has 0 aliphatic carbocycles. The van der Waals surface area contributed by atoms with Crippen molar-refractivity contribution in [3.63, 3.8) is 0 Å². The van der Waals surface area contributed by atoms with Gasteiger partial charge in [-0.1, -0.05) is 7.92 Å². The fourth-order valence-electron chi connectivity index (χ4n) is 1.27. The Labute approximate surface area is 107 Å².